The third kappa shape index (κ3) is 1.88. The van der Waals surface area contributed by atoms with E-state index in [0.717, 1.165) is 12.1 Å². The Morgan fingerprint density at radius 2 is 1.62 bits per heavy atom. The maximum Gasteiger partial charge on any atom is 0.249 e. The van der Waals surface area contributed by atoms with Gasteiger partial charge in [-0.05, 0) is 12.1 Å². The SMILES string of the molecule is Fc1cccc(-c2nc(F)c(F)cc2F)c1. The second kappa shape index (κ2) is 3.92. The summed E-state index contributed by atoms with van der Waals surface area (Å²) in [5, 5.41) is 0. The predicted octanol–water partition coefficient (Wildman–Crippen LogP) is 3.31. The summed E-state index contributed by atoms with van der Waals surface area (Å²) < 4.78 is 51.5. The van der Waals surface area contributed by atoms with Gasteiger partial charge in [-0.25, -0.2) is 18.2 Å². The van der Waals surface area contributed by atoms with E-state index in [9.17, 15) is 17.6 Å². The molecule has 0 saturated heterocycles. The van der Waals surface area contributed by atoms with Crippen molar-refractivity contribution >= 4 is 0 Å². The molecule has 0 saturated carbocycles. The predicted molar refractivity (Wildman–Crippen MR) is 49.5 cm³/mol. The van der Waals surface area contributed by atoms with E-state index in [4.69, 9.17) is 0 Å². The first-order valence-corrected chi connectivity index (χ1v) is 4.35. The van der Waals surface area contributed by atoms with E-state index >= 15 is 0 Å². The van der Waals surface area contributed by atoms with Gasteiger partial charge < -0.3 is 0 Å². The standard InChI is InChI=1S/C11H5F4N/c12-7-3-1-2-6(4-7)10-8(13)5-9(14)11(15)16-10/h1-5H. The molecule has 0 aliphatic rings. The number of aromatic nitrogens is 1. The van der Waals surface area contributed by atoms with Crippen molar-refractivity contribution in [2.45, 2.75) is 0 Å². The maximum absolute atomic E-state index is 13.3. The fraction of sp³-hybridized carbons (Fsp3) is 0. The minimum atomic E-state index is -1.42. The molecule has 0 fully saturated rings. The Balaban J connectivity index is 2.60. The second-order valence-electron chi connectivity index (χ2n) is 3.10. The lowest BCUT2D eigenvalue weighted by Gasteiger charge is -2.03. The quantitative estimate of drug-likeness (QED) is 0.538. The van der Waals surface area contributed by atoms with Crippen molar-refractivity contribution < 1.29 is 17.6 Å². The van der Waals surface area contributed by atoms with Crippen LogP contribution >= 0.6 is 0 Å². The topological polar surface area (TPSA) is 12.9 Å². The molecule has 82 valence electrons. The van der Waals surface area contributed by atoms with Crippen LogP contribution in [0.15, 0.2) is 30.3 Å². The highest BCUT2D eigenvalue weighted by atomic mass is 19.2. The molecule has 1 aromatic heterocycles. The van der Waals surface area contributed by atoms with E-state index in [2.05, 4.69) is 4.98 Å². The van der Waals surface area contributed by atoms with Crippen LogP contribution in [-0.2, 0) is 0 Å². The lowest BCUT2D eigenvalue weighted by Crippen LogP contribution is -1.97. The van der Waals surface area contributed by atoms with Gasteiger partial charge in [-0.1, -0.05) is 12.1 Å². The molecule has 0 aliphatic carbocycles. The second-order valence-corrected chi connectivity index (χ2v) is 3.10. The normalized spacial score (nSPS) is 10.5. The summed E-state index contributed by atoms with van der Waals surface area (Å²) in [6.45, 7) is 0. The summed E-state index contributed by atoms with van der Waals surface area (Å²) in [5.74, 6) is -4.44. The van der Waals surface area contributed by atoms with Crippen LogP contribution in [0.4, 0.5) is 17.6 Å². The molecule has 1 heterocycles. The van der Waals surface area contributed by atoms with Crippen molar-refractivity contribution in [1.29, 1.82) is 0 Å². The van der Waals surface area contributed by atoms with E-state index < -0.39 is 29.1 Å². The molecule has 0 aliphatic heterocycles. The largest absolute Gasteiger partial charge is 0.249 e. The first-order chi connectivity index (χ1) is 7.58. The molecule has 1 nitrogen and oxygen atoms in total. The summed E-state index contributed by atoms with van der Waals surface area (Å²) in [7, 11) is 0. The lowest BCUT2D eigenvalue weighted by atomic mass is 10.1. The number of pyridine rings is 1. The van der Waals surface area contributed by atoms with Gasteiger partial charge >= 0.3 is 0 Å². The van der Waals surface area contributed by atoms with Crippen molar-refractivity contribution in [2.24, 2.45) is 0 Å². The van der Waals surface area contributed by atoms with Crippen LogP contribution in [0.3, 0.4) is 0 Å². The molecule has 0 unspecified atom stereocenters. The summed E-state index contributed by atoms with van der Waals surface area (Å²) in [6, 6.07) is 5.20. The van der Waals surface area contributed by atoms with Gasteiger partial charge in [-0.3, -0.25) is 0 Å². The molecule has 2 rings (SSSR count). The highest BCUT2D eigenvalue weighted by Crippen LogP contribution is 2.22. The summed E-state index contributed by atoms with van der Waals surface area (Å²) in [5.41, 5.74) is -0.366. The van der Waals surface area contributed by atoms with E-state index in [1.165, 1.54) is 12.1 Å². The van der Waals surface area contributed by atoms with Gasteiger partial charge in [0.25, 0.3) is 0 Å². The molecule has 0 amide bonds. The zero-order chi connectivity index (χ0) is 11.7. The highest BCUT2D eigenvalue weighted by Gasteiger charge is 2.13. The molecule has 1 aromatic carbocycles. The zero-order valence-electron chi connectivity index (χ0n) is 7.85. The van der Waals surface area contributed by atoms with Crippen molar-refractivity contribution in [3.63, 3.8) is 0 Å². The maximum atomic E-state index is 13.3. The Kier molecular flexibility index (Phi) is 2.60. The van der Waals surface area contributed by atoms with Crippen molar-refractivity contribution in [1.82, 2.24) is 4.98 Å². The average molecular weight is 227 g/mol. The minimum absolute atomic E-state index is 0.0522. The highest BCUT2D eigenvalue weighted by molar-refractivity contribution is 5.59. The molecule has 0 N–H and O–H groups in total. The van der Waals surface area contributed by atoms with Gasteiger partial charge in [0.05, 0.1) is 0 Å². The Morgan fingerprint density at radius 1 is 0.875 bits per heavy atom. The Bertz CT molecular complexity index is 540. The summed E-state index contributed by atoms with van der Waals surface area (Å²) >= 11 is 0. The van der Waals surface area contributed by atoms with Crippen LogP contribution in [0.2, 0.25) is 0 Å². The molecule has 5 heteroatoms. The Morgan fingerprint density at radius 3 is 2.31 bits per heavy atom. The fourth-order valence-electron chi connectivity index (χ4n) is 1.28. The van der Waals surface area contributed by atoms with Crippen LogP contribution in [0, 0.1) is 23.4 Å². The molecule has 0 spiro atoms. The first-order valence-electron chi connectivity index (χ1n) is 4.35. The Labute approximate surface area is 88.4 Å². The van der Waals surface area contributed by atoms with E-state index in [0.29, 0.717) is 6.07 Å². The molecule has 2 aromatic rings. The number of halogens is 4. The van der Waals surface area contributed by atoms with Crippen molar-refractivity contribution in [3.05, 3.63) is 53.7 Å². The third-order valence-electron chi connectivity index (χ3n) is 1.98. The van der Waals surface area contributed by atoms with Gasteiger partial charge in [0, 0.05) is 11.6 Å². The molecule has 16 heavy (non-hydrogen) atoms. The number of nitrogens with zero attached hydrogens (tertiary/aromatic N) is 1. The van der Waals surface area contributed by atoms with Crippen LogP contribution < -0.4 is 0 Å². The number of hydrogen-bond acceptors (Lipinski definition) is 1. The molecule has 0 bridgehead atoms. The lowest BCUT2D eigenvalue weighted by molar-refractivity contribution is 0.466. The monoisotopic (exact) mass is 227 g/mol. The van der Waals surface area contributed by atoms with Gasteiger partial charge in [0.1, 0.15) is 11.5 Å². The number of hydrogen-bond donors (Lipinski definition) is 0. The van der Waals surface area contributed by atoms with Gasteiger partial charge in [-0.2, -0.15) is 4.39 Å². The van der Waals surface area contributed by atoms with Crippen molar-refractivity contribution in [3.8, 4) is 11.3 Å². The summed E-state index contributed by atoms with van der Waals surface area (Å²) in [4.78, 5) is 3.10. The van der Waals surface area contributed by atoms with Crippen LogP contribution in [0.25, 0.3) is 11.3 Å². The van der Waals surface area contributed by atoms with Crippen LogP contribution in [0.1, 0.15) is 0 Å². The van der Waals surface area contributed by atoms with Gasteiger partial charge in [-0.15, -0.1) is 0 Å². The minimum Gasteiger partial charge on any atom is -0.214 e. The molecular formula is C11H5F4N. The summed E-state index contributed by atoms with van der Waals surface area (Å²) in [6.07, 6.45) is 0. The van der Waals surface area contributed by atoms with E-state index in [-0.39, 0.29) is 5.56 Å². The molecule has 0 radical (unpaired) electrons. The molecule has 0 atom stereocenters. The van der Waals surface area contributed by atoms with E-state index in [1.807, 2.05) is 0 Å². The Hall–Kier alpha value is -1.91. The van der Waals surface area contributed by atoms with Crippen molar-refractivity contribution in [2.75, 3.05) is 0 Å². The van der Waals surface area contributed by atoms with Gasteiger partial charge in [0.15, 0.2) is 11.6 Å². The van der Waals surface area contributed by atoms with Gasteiger partial charge in [0.2, 0.25) is 5.95 Å². The van der Waals surface area contributed by atoms with Crippen LogP contribution in [-0.4, -0.2) is 4.98 Å². The smallest absolute Gasteiger partial charge is 0.214 e. The zero-order valence-corrected chi connectivity index (χ0v) is 7.85. The first kappa shape index (κ1) is 10.6. The number of rotatable bonds is 1. The molecular weight excluding hydrogens is 222 g/mol. The third-order valence-corrected chi connectivity index (χ3v) is 1.98. The fourth-order valence-corrected chi connectivity index (χ4v) is 1.28. The number of benzene rings is 1. The van der Waals surface area contributed by atoms with Crippen LogP contribution in [0.5, 0.6) is 0 Å². The van der Waals surface area contributed by atoms with E-state index in [1.54, 1.807) is 0 Å². The average Bonchev–Trinajstić information content (AvgIpc) is 2.23.